The second kappa shape index (κ2) is 6.30. The van der Waals surface area contributed by atoms with Gasteiger partial charge < -0.3 is 9.80 Å². The Labute approximate surface area is 149 Å². The van der Waals surface area contributed by atoms with Gasteiger partial charge in [-0.25, -0.2) is 0 Å². The first-order valence-corrected chi connectivity index (χ1v) is 9.07. The van der Waals surface area contributed by atoms with Gasteiger partial charge in [0.15, 0.2) is 0 Å². The largest absolute Gasteiger partial charge is 0.335 e. The lowest BCUT2D eigenvalue weighted by Gasteiger charge is -2.29. The van der Waals surface area contributed by atoms with Gasteiger partial charge in [0.25, 0.3) is 0 Å². The highest BCUT2D eigenvalue weighted by Crippen LogP contribution is 2.49. The number of hydrogen-bond donors (Lipinski definition) is 0. The van der Waals surface area contributed by atoms with E-state index in [0.29, 0.717) is 18.4 Å². The fourth-order valence-electron chi connectivity index (χ4n) is 4.01. The van der Waals surface area contributed by atoms with Gasteiger partial charge in [0.1, 0.15) is 0 Å². The predicted molar refractivity (Wildman–Crippen MR) is 97.1 cm³/mol. The number of aryl methyl sites for hydroxylation is 1. The van der Waals surface area contributed by atoms with E-state index in [2.05, 4.69) is 60.0 Å². The third kappa shape index (κ3) is 3.09. The van der Waals surface area contributed by atoms with E-state index < -0.39 is 0 Å². The smallest absolute Gasteiger partial charge is 0.226 e. The van der Waals surface area contributed by atoms with Crippen molar-refractivity contribution >= 4 is 5.91 Å². The number of aromatic nitrogens is 2. The molecule has 5 heteroatoms. The minimum absolute atomic E-state index is 0.160. The Bertz CT molecular complexity index is 795. The number of amides is 1. The highest BCUT2D eigenvalue weighted by molar-refractivity contribution is 5.83. The first kappa shape index (κ1) is 16.3. The van der Waals surface area contributed by atoms with Crippen LogP contribution >= 0.6 is 0 Å². The van der Waals surface area contributed by atoms with Gasteiger partial charge in [0, 0.05) is 24.6 Å². The quantitative estimate of drug-likeness (QED) is 0.860. The van der Waals surface area contributed by atoms with E-state index in [1.54, 1.807) is 0 Å². The molecule has 2 aromatic rings. The Hall–Kier alpha value is -2.14. The van der Waals surface area contributed by atoms with Crippen LogP contribution in [0.15, 0.2) is 30.5 Å². The van der Waals surface area contributed by atoms with Crippen molar-refractivity contribution in [3.05, 3.63) is 52.8 Å². The van der Waals surface area contributed by atoms with Gasteiger partial charge in [-0.15, -0.1) is 0 Å². The van der Waals surface area contributed by atoms with Crippen molar-refractivity contribution in [2.24, 2.45) is 5.92 Å². The van der Waals surface area contributed by atoms with Crippen molar-refractivity contribution in [3.63, 3.8) is 0 Å². The molecule has 1 saturated carbocycles. The Morgan fingerprint density at radius 2 is 2.08 bits per heavy atom. The van der Waals surface area contributed by atoms with Gasteiger partial charge in [0.2, 0.25) is 5.91 Å². The molecule has 132 valence electrons. The zero-order valence-electron chi connectivity index (χ0n) is 15.3. The molecule has 5 nitrogen and oxygen atoms in total. The summed E-state index contributed by atoms with van der Waals surface area (Å²) in [6.45, 7) is 5.27. The van der Waals surface area contributed by atoms with Crippen LogP contribution in [0.1, 0.15) is 34.7 Å². The second-order valence-electron chi connectivity index (χ2n) is 7.64. The van der Waals surface area contributed by atoms with Crippen LogP contribution in [0.2, 0.25) is 0 Å². The van der Waals surface area contributed by atoms with Crippen LogP contribution in [-0.2, 0) is 24.4 Å². The number of benzene rings is 1. The van der Waals surface area contributed by atoms with Crippen molar-refractivity contribution in [1.82, 2.24) is 19.6 Å². The van der Waals surface area contributed by atoms with Crippen LogP contribution in [0.4, 0.5) is 0 Å². The average Bonchev–Trinajstić information content (AvgIpc) is 3.29. The molecule has 25 heavy (non-hydrogen) atoms. The highest BCUT2D eigenvalue weighted by Gasteiger charge is 2.46. The zero-order chi connectivity index (χ0) is 17.6. The third-order valence-corrected chi connectivity index (χ3v) is 5.45. The van der Waals surface area contributed by atoms with E-state index >= 15 is 0 Å². The summed E-state index contributed by atoms with van der Waals surface area (Å²) in [6.07, 6.45) is 2.95. The summed E-state index contributed by atoms with van der Waals surface area (Å²) in [6, 6.07) is 8.46. The first-order valence-electron chi connectivity index (χ1n) is 9.07. The maximum absolute atomic E-state index is 13.0. The molecule has 0 saturated heterocycles. The van der Waals surface area contributed by atoms with Crippen molar-refractivity contribution in [2.45, 2.75) is 38.9 Å². The van der Waals surface area contributed by atoms with Crippen LogP contribution in [0.25, 0.3) is 0 Å². The van der Waals surface area contributed by atoms with Gasteiger partial charge in [0.05, 0.1) is 25.0 Å². The summed E-state index contributed by atoms with van der Waals surface area (Å²) in [7, 11) is 4.12. The minimum Gasteiger partial charge on any atom is -0.335 e. The third-order valence-electron chi connectivity index (χ3n) is 5.45. The summed E-state index contributed by atoms with van der Waals surface area (Å²) in [5.74, 6) is 0.881. The fourth-order valence-corrected chi connectivity index (χ4v) is 4.01. The lowest BCUT2D eigenvalue weighted by Crippen LogP contribution is -2.40. The number of nitrogens with zero attached hydrogens (tertiary/aromatic N) is 4. The Balaban J connectivity index is 1.46. The Kier molecular flexibility index (Phi) is 4.12. The van der Waals surface area contributed by atoms with Gasteiger partial charge >= 0.3 is 0 Å². The maximum Gasteiger partial charge on any atom is 0.226 e. The van der Waals surface area contributed by atoms with Crippen molar-refractivity contribution < 1.29 is 4.79 Å². The van der Waals surface area contributed by atoms with Crippen LogP contribution < -0.4 is 0 Å². The van der Waals surface area contributed by atoms with Crippen molar-refractivity contribution in [1.29, 1.82) is 0 Å². The van der Waals surface area contributed by atoms with E-state index in [4.69, 9.17) is 0 Å². The van der Waals surface area contributed by atoms with Crippen LogP contribution in [0, 0.1) is 12.8 Å². The summed E-state index contributed by atoms with van der Waals surface area (Å²) >= 11 is 0. The summed E-state index contributed by atoms with van der Waals surface area (Å²) in [4.78, 5) is 17.2. The molecular weight excluding hydrogens is 312 g/mol. The molecule has 4 rings (SSSR count). The summed E-state index contributed by atoms with van der Waals surface area (Å²) < 4.78 is 2.06. The fraction of sp³-hybridized carbons (Fsp3) is 0.500. The van der Waals surface area contributed by atoms with E-state index in [1.165, 1.54) is 22.4 Å². The minimum atomic E-state index is 0.160. The van der Waals surface area contributed by atoms with E-state index in [-0.39, 0.29) is 5.92 Å². The Morgan fingerprint density at radius 1 is 1.28 bits per heavy atom. The van der Waals surface area contributed by atoms with Crippen LogP contribution in [0.3, 0.4) is 0 Å². The lowest BCUT2D eigenvalue weighted by atomic mass is 10.0. The van der Waals surface area contributed by atoms with Gasteiger partial charge in [-0.2, -0.15) is 5.10 Å². The normalized spacial score (nSPS) is 22.2. The Morgan fingerprint density at radius 3 is 2.84 bits per heavy atom. The van der Waals surface area contributed by atoms with Gasteiger partial charge in [-0.05, 0) is 44.5 Å². The van der Waals surface area contributed by atoms with Crippen LogP contribution in [0.5, 0.6) is 0 Å². The van der Waals surface area contributed by atoms with E-state index in [0.717, 1.165) is 26.1 Å². The molecule has 1 aromatic carbocycles. The van der Waals surface area contributed by atoms with Crippen molar-refractivity contribution in [2.75, 3.05) is 20.6 Å². The topological polar surface area (TPSA) is 41.4 Å². The molecule has 1 fully saturated rings. The van der Waals surface area contributed by atoms with E-state index in [9.17, 15) is 4.79 Å². The SMILES string of the molecule is Cc1ccccc1[C@@H]1C[C@H]1C(=O)N1CCn2ncc(CN(C)C)c2C1. The first-order chi connectivity index (χ1) is 12.0. The average molecular weight is 338 g/mol. The maximum atomic E-state index is 13.0. The molecule has 2 atom stereocenters. The number of fused-ring (bicyclic) bond motifs is 1. The molecule has 1 aliphatic carbocycles. The second-order valence-corrected chi connectivity index (χ2v) is 7.64. The van der Waals surface area contributed by atoms with Crippen LogP contribution in [-0.4, -0.2) is 46.1 Å². The molecular formula is C20H26N4O. The molecule has 2 aliphatic rings. The molecule has 0 spiro atoms. The number of carbonyl (C=O) groups is 1. The predicted octanol–water partition coefficient (Wildman–Crippen LogP) is 2.40. The molecule has 0 unspecified atom stereocenters. The number of hydrogen-bond acceptors (Lipinski definition) is 3. The molecule has 1 aliphatic heterocycles. The number of carbonyl (C=O) groups excluding carboxylic acids is 1. The summed E-state index contributed by atoms with van der Waals surface area (Å²) in [5, 5.41) is 4.49. The van der Waals surface area contributed by atoms with Gasteiger partial charge in [-0.3, -0.25) is 9.48 Å². The molecule has 0 N–H and O–H groups in total. The molecule has 1 amide bonds. The molecule has 0 radical (unpaired) electrons. The number of rotatable bonds is 4. The molecule has 2 heterocycles. The molecule has 0 bridgehead atoms. The van der Waals surface area contributed by atoms with Crippen molar-refractivity contribution in [3.8, 4) is 0 Å². The standard InChI is InChI=1S/C20H26N4O/c1-14-6-4-5-7-16(14)17-10-18(17)20(25)23-8-9-24-19(13-23)15(11-21-24)12-22(2)3/h4-7,11,17-18H,8-10,12-13H2,1-3H3/t17-,18+/m0/s1. The summed E-state index contributed by atoms with van der Waals surface area (Å²) in [5.41, 5.74) is 5.07. The lowest BCUT2D eigenvalue weighted by molar-refractivity contribution is -0.134. The van der Waals surface area contributed by atoms with E-state index in [1.807, 2.05) is 11.1 Å². The van der Waals surface area contributed by atoms with Gasteiger partial charge in [-0.1, -0.05) is 24.3 Å². The zero-order valence-corrected chi connectivity index (χ0v) is 15.3. The monoisotopic (exact) mass is 338 g/mol. The highest BCUT2D eigenvalue weighted by atomic mass is 16.2. The molecule has 1 aromatic heterocycles.